The number of aromatic nitrogens is 1. The van der Waals surface area contributed by atoms with Gasteiger partial charge in [0.2, 0.25) is 0 Å². The summed E-state index contributed by atoms with van der Waals surface area (Å²) in [6, 6.07) is 6.95. The third-order valence-corrected chi connectivity index (χ3v) is 2.54. The van der Waals surface area contributed by atoms with Gasteiger partial charge in [-0.15, -0.1) is 0 Å². The smallest absolute Gasteiger partial charge is 0.132 e. The Morgan fingerprint density at radius 2 is 2.12 bits per heavy atom. The van der Waals surface area contributed by atoms with Crippen LogP contribution in [0.5, 0.6) is 0 Å². The number of halogens is 1. The second-order valence-electron chi connectivity index (χ2n) is 4.10. The van der Waals surface area contributed by atoms with Crippen LogP contribution in [-0.2, 0) is 11.3 Å². The summed E-state index contributed by atoms with van der Waals surface area (Å²) < 4.78 is 20.9. The van der Waals surface area contributed by atoms with Gasteiger partial charge in [-0.2, -0.15) is 0 Å². The second-order valence-corrected chi connectivity index (χ2v) is 4.10. The zero-order chi connectivity index (χ0) is 11.5. The van der Waals surface area contributed by atoms with Crippen molar-refractivity contribution < 1.29 is 9.13 Å². The molecule has 1 heterocycles. The summed E-state index contributed by atoms with van der Waals surface area (Å²) in [5, 5.41) is 0.673. The monoisotopic (exact) mass is 221 g/mol. The first-order chi connectivity index (χ1) is 7.68. The van der Waals surface area contributed by atoms with Gasteiger partial charge in [0.1, 0.15) is 5.82 Å². The van der Waals surface area contributed by atoms with Crippen molar-refractivity contribution in [3.05, 3.63) is 36.3 Å². The van der Waals surface area contributed by atoms with Crippen LogP contribution in [0.2, 0.25) is 0 Å². The zero-order valence-electron chi connectivity index (χ0n) is 9.61. The van der Waals surface area contributed by atoms with Crippen LogP contribution in [0.4, 0.5) is 4.39 Å². The van der Waals surface area contributed by atoms with E-state index in [1.54, 1.807) is 12.1 Å². The summed E-state index contributed by atoms with van der Waals surface area (Å²) in [5.41, 5.74) is 0.923. The molecule has 1 aromatic heterocycles. The molecule has 2 rings (SSSR count). The molecule has 0 saturated heterocycles. The Morgan fingerprint density at radius 3 is 2.88 bits per heavy atom. The summed E-state index contributed by atoms with van der Waals surface area (Å²) in [6.07, 6.45) is 2.14. The second kappa shape index (κ2) is 4.66. The van der Waals surface area contributed by atoms with E-state index in [-0.39, 0.29) is 11.9 Å². The maximum atomic E-state index is 13.4. The van der Waals surface area contributed by atoms with Crippen molar-refractivity contribution in [3.63, 3.8) is 0 Å². The molecule has 0 aliphatic rings. The highest BCUT2D eigenvalue weighted by Crippen LogP contribution is 2.18. The van der Waals surface area contributed by atoms with Gasteiger partial charge in [0.25, 0.3) is 0 Å². The largest absolute Gasteiger partial charge is 0.377 e. The molecule has 0 N–H and O–H groups in total. The lowest BCUT2D eigenvalue weighted by Gasteiger charge is -2.09. The molecule has 0 amide bonds. The van der Waals surface area contributed by atoms with E-state index in [1.807, 2.05) is 30.7 Å². The van der Waals surface area contributed by atoms with Crippen LogP contribution in [0.25, 0.3) is 10.9 Å². The fourth-order valence-corrected chi connectivity index (χ4v) is 1.77. The van der Waals surface area contributed by atoms with Crippen molar-refractivity contribution in [1.82, 2.24) is 4.57 Å². The van der Waals surface area contributed by atoms with E-state index in [2.05, 4.69) is 0 Å². The predicted octanol–water partition coefficient (Wildman–Crippen LogP) is 3.21. The standard InChI is InChI=1S/C13H16FNO/c1-10(2)16-9-8-15-7-6-11-12(14)4-3-5-13(11)15/h3-7,10H,8-9H2,1-2H3. The van der Waals surface area contributed by atoms with Crippen LogP contribution in [-0.4, -0.2) is 17.3 Å². The Balaban J connectivity index is 2.16. The molecule has 86 valence electrons. The quantitative estimate of drug-likeness (QED) is 0.773. The van der Waals surface area contributed by atoms with Crippen molar-refractivity contribution >= 4 is 10.9 Å². The average molecular weight is 221 g/mol. The van der Waals surface area contributed by atoms with Crippen LogP contribution in [0.3, 0.4) is 0 Å². The first-order valence-electron chi connectivity index (χ1n) is 5.53. The fourth-order valence-electron chi connectivity index (χ4n) is 1.77. The minimum Gasteiger partial charge on any atom is -0.377 e. The average Bonchev–Trinajstić information content (AvgIpc) is 2.63. The molecular weight excluding hydrogens is 205 g/mol. The molecule has 0 fully saturated rings. The van der Waals surface area contributed by atoms with Gasteiger partial charge >= 0.3 is 0 Å². The van der Waals surface area contributed by atoms with E-state index >= 15 is 0 Å². The Hall–Kier alpha value is -1.35. The molecule has 2 nitrogen and oxygen atoms in total. The highest BCUT2D eigenvalue weighted by molar-refractivity contribution is 5.80. The van der Waals surface area contributed by atoms with Crippen molar-refractivity contribution in [3.8, 4) is 0 Å². The SMILES string of the molecule is CC(C)OCCn1ccc2c(F)cccc21. The fraction of sp³-hybridized carbons (Fsp3) is 0.385. The minimum atomic E-state index is -0.166. The summed E-state index contributed by atoms with van der Waals surface area (Å²) in [6.45, 7) is 5.42. The molecular formula is C13H16FNO. The van der Waals surface area contributed by atoms with Gasteiger partial charge in [-0.05, 0) is 32.0 Å². The molecule has 1 aromatic carbocycles. The van der Waals surface area contributed by atoms with Crippen LogP contribution in [0, 0.1) is 5.82 Å². The summed E-state index contributed by atoms with van der Waals surface area (Å²) in [5.74, 6) is -0.166. The maximum absolute atomic E-state index is 13.4. The molecule has 0 saturated carbocycles. The lowest BCUT2D eigenvalue weighted by molar-refractivity contribution is 0.0733. The highest BCUT2D eigenvalue weighted by Gasteiger charge is 2.04. The van der Waals surface area contributed by atoms with Gasteiger partial charge in [0.15, 0.2) is 0 Å². The van der Waals surface area contributed by atoms with Crippen LogP contribution in [0.15, 0.2) is 30.5 Å². The molecule has 0 spiro atoms. The third-order valence-electron chi connectivity index (χ3n) is 2.54. The van der Waals surface area contributed by atoms with E-state index in [9.17, 15) is 4.39 Å². The van der Waals surface area contributed by atoms with Gasteiger partial charge in [-0.25, -0.2) is 4.39 Å². The first kappa shape index (κ1) is 11.1. The summed E-state index contributed by atoms with van der Waals surface area (Å²) >= 11 is 0. The molecule has 16 heavy (non-hydrogen) atoms. The predicted molar refractivity (Wildman–Crippen MR) is 63.0 cm³/mol. The molecule has 0 aliphatic heterocycles. The number of nitrogens with zero attached hydrogens (tertiary/aromatic N) is 1. The number of fused-ring (bicyclic) bond motifs is 1. The number of hydrogen-bond donors (Lipinski definition) is 0. The Labute approximate surface area is 94.6 Å². The maximum Gasteiger partial charge on any atom is 0.132 e. The number of rotatable bonds is 4. The van der Waals surface area contributed by atoms with Gasteiger partial charge in [0.05, 0.1) is 18.2 Å². The van der Waals surface area contributed by atoms with E-state index in [0.717, 1.165) is 12.1 Å². The Morgan fingerprint density at radius 1 is 1.31 bits per heavy atom. The van der Waals surface area contributed by atoms with Gasteiger partial charge in [-0.1, -0.05) is 6.07 Å². The lowest BCUT2D eigenvalue weighted by Crippen LogP contribution is -2.09. The van der Waals surface area contributed by atoms with E-state index in [4.69, 9.17) is 4.74 Å². The van der Waals surface area contributed by atoms with Crippen LogP contribution >= 0.6 is 0 Å². The molecule has 0 aliphatic carbocycles. The summed E-state index contributed by atoms with van der Waals surface area (Å²) in [4.78, 5) is 0. The molecule has 0 atom stereocenters. The zero-order valence-corrected chi connectivity index (χ0v) is 9.61. The van der Waals surface area contributed by atoms with Gasteiger partial charge < -0.3 is 9.30 Å². The number of benzene rings is 1. The molecule has 2 aromatic rings. The minimum absolute atomic E-state index is 0.166. The third kappa shape index (κ3) is 2.25. The van der Waals surface area contributed by atoms with Crippen molar-refractivity contribution in [2.24, 2.45) is 0 Å². The normalized spacial score (nSPS) is 11.5. The van der Waals surface area contributed by atoms with E-state index < -0.39 is 0 Å². The van der Waals surface area contributed by atoms with E-state index in [0.29, 0.717) is 12.0 Å². The first-order valence-corrected chi connectivity index (χ1v) is 5.53. The Kier molecular flexibility index (Phi) is 3.25. The summed E-state index contributed by atoms with van der Waals surface area (Å²) in [7, 11) is 0. The molecule has 0 bridgehead atoms. The Bertz CT molecular complexity index is 476. The number of hydrogen-bond acceptors (Lipinski definition) is 1. The van der Waals surface area contributed by atoms with Gasteiger partial charge in [-0.3, -0.25) is 0 Å². The molecule has 0 unspecified atom stereocenters. The van der Waals surface area contributed by atoms with Crippen LogP contribution in [0.1, 0.15) is 13.8 Å². The lowest BCUT2D eigenvalue weighted by atomic mass is 10.2. The van der Waals surface area contributed by atoms with Crippen molar-refractivity contribution in [2.45, 2.75) is 26.5 Å². The van der Waals surface area contributed by atoms with Gasteiger partial charge in [0, 0.05) is 18.1 Å². The van der Waals surface area contributed by atoms with Crippen molar-refractivity contribution in [1.29, 1.82) is 0 Å². The van der Waals surface area contributed by atoms with E-state index in [1.165, 1.54) is 6.07 Å². The molecule has 3 heteroatoms. The number of ether oxygens (including phenoxy) is 1. The van der Waals surface area contributed by atoms with Crippen LogP contribution < -0.4 is 0 Å². The molecule has 0 radical (unpaired) electrons. The topological polar surface area (TPSA) is 14.2 Å². The van der Waals surface area contributed by atoms with Crippen molar-refractivity contribution in [2.75, 3.05) is 6.61 Å². The highest BCUT2D eigenvalue weighted by atomic mass is 19.1.